The zero-order valence-corrected chi connectivity index (χ0v) is 10.8. The highest BCUT2D eigenvalue weighted by Crippen LogP contribution is 2.23. The average molecular weight is 240 g/mol. The van der Waals surface area contributed by atoms with Gasteiger partial charge in [0.15, 0.2) is 0 Å². The van der Waals surface area contributed by atoms with E-state index in [2.05, 4.69) is 23.6 Å². The summed E-state index contributed by atoms with van der Waals surface area (Å²) >= 11 is 1.63. The van der Waals surface area contributed by atoms with Gasteiger partial charge in [-0.05, 0) is 25.3 Å². The van der Waals surface area contributed by atoms with Gasteiger partial charge in [-0.3, -0.25) is 9.80 Å². The first-order valence-corrected chi connectivity index (χ1v) is 6.76. The molecule has 1 unspecified atom stereocenters. The molecule has 1 N–H and O–H groups in total. The molecular weight excluding hydrogens is 220 g/mol. The van der Waals surface area contributed by atoms with Crippen molar-refractivity contribution in [1.29, 1.82) is 0 Å². The first kappa shape index (κ1) is 12.0. The number of hydrogen-bond donors (Lipinski definition) is 1. The van der Waals surface area contributed by atoms with Crippen molar-refractivity contribution in [3.05, 3.63) is 22.4 Å². The highest BCUT2D eigenvalue weighted by Gasteiger charge is 2.24. The van der Waals surface area contributed by atoms with E-state index in [1.807, 2.05) is 17.5 Å². The third-order valence-electron chi connectivity index (χ3n) is 3.22. The van der Waals surface area contributed by atoms with Gasteiger partial charge in [0.25, 0.3) is 0 Å². The van der Waals surface area contributed by atoms with E-state index in [1.54, 1.807) is 11.3 Å². The molecule has 0 aromatic carbocycles. The summed E-state index contributed by atoms with van der Waals surface area (Å²) in [7, 11) is 0. The van der Waals surface area contributed by atoms with Crippen LogP contribution in [0.5, 0.6) is 0 Å². The fraction of sp³-hybridized carbons (Fsp3) is 0.667. The van der Waals surface area contributed by atoms with E-state index < -0.39 is 6.23 Å². The van der Waals surface area contributed by atoms with Gasteiger partial charge < -0.3 is 5.11 Å². The van der Waals surface area contributed by atoms with Gasteiger partial charge in [0.1, 0.15) is 6.23 Å². The van der Waals surface area contributed by atoms with Crippen molar-refractivity contribution < 1.29 is 5.11 Å². The molecule has 1 aliphatic heterocycles. The molecule has 0 radical (unpaired) electrons. The lowest BCUT2D eigenvalue weighted by Crippen LogP contribution is -2.49. The smallest absolute Gasteiger partial charge is 0.142 e. The zero-order valence-electron chi connectivity index (χ0n) is 9.97. The summed E-state index contributed by atoms with van der Waals surface area (Å²) in [6, 6.07) is 4.61. The molecule has 2 heterocycles. The minimum Gasteiger partial charge on any atom is -0.373 e. The van der Waals surface area contributed by atoms with E-state index in [0.717, 1.165) is 31.1 Å². The summed E-state index contributed by atoms with van der Waals surface area (Å²) in [5.41, 5.74) is 0. The van der Waals surface area contributed by atoms with Crippen molar-refractivity contribution in [1.82, 2.24) is 9.80 Å². The number of aliphatic hydroxyl groups is 1. The fourth-order valence-corrected chi connectivity index (χ4v) is 2.86. The summed E-state index contributed by atoms with van der Waals surface area (Å²) in [4.78, 5) is 5.67. The summed E-state index contributed by atoms with van der Waals surface area (Å²) in [5.74, 6) is 0. The van der Waals surface area contributed by atoms with E-state index in [-0.39, 0.29) is 0 Å². The van der Waals surface area contributed by atoms with Crippen LogP contribution in [0.15, 0.2) is 17.5 Å². The van der Waals surface area contributed by atoms with Crippen LogP contribution in [0.25, 0.3) is 0 Å². The summed E-state index contributed by atoms with van der Waals surface area (Å²) in [6.07, 6.45) is -0.408. The van der Waals surface area contributed by atoms with Crippen LogP contribution in [-0.4, -0.2) is 47.1 Å². The number of piperazine rings is 1. The highest BCUT2D eigenvalue weighted by atomic mass is 32.1. The fourth-order valence-electron chi connectivity index (χ4n) is 2.12. The van der Waals surface area contributed by atoms with Crippen LogP contribution in [0.4, 0.5) is 0 Å². The van der Waals surface area contributed by atoms with Crippen molar-refractivity contribution in [2.45, 2.75) is 26.1 Å². The van der Waals surface area contributed by atoms with Crippen LogP contribution in [-0.2, 0) is 0 Å². The molecule has 1 atom stereocenters. The Labute approximate surface area is 101 Å². The van der Waals surface area contributed by atoms with Gasteiger partial charge in [-0.2, -0.15) is 0 Å². The van der Waals surface area contributed by atoms with Crippen molar-refractivity contribution in [3.8, 4) is 0 Å². The Morgan fingerprint density at radius 2 is 1.81 bits per heavy atom. The maximum Gasteiger partial charge on any atom is 0.142 e. The minimum atomic E-state index is -0.408. The number of nitrogens with zero attached hydrogens (tertiary/aromatic N) is 2. The Hall–Kier alpha value is -0.420. The van der Waals surface area contributed by atoms with Crippen molar-refractivity contribution in [3.63, 3.8) is 0 Å². The van der Waals surface area contributed by atoms with Crippen LogP contribution in [0, 0.1) is 0 Å². The highest BCUT2D eigenvalue weighted by molar-refractivity contribution is 7.10. The van der Waals surface area contributed by atoms with Gasteiger partial charge in [0.2, 0.25) is 0 Å². The number of hydrogen-bond acceptors (Lipinski definition) is 4. The molecular formula is C12H20N2OS. The second kappa shape index (κ2) is 5.27. The molecule has 0 bridgehead atoms. The van der Waals surface area contributed by atoms with Gasteiger partial charge in [-0.25, -0.2) is 0 Å². The summed E-state index contributed by atoms with van der Waals surface area (Å²) in [6.45, 7) is 8.48. The molecule has 90 valence electrons. The average Bonchev–Trinajstić information content (AvgIpc) is 2.81. The molecule has 1 saturated heterocycles. The van der Waals surface area contributed by atoms with E-state index in [0.29, 0.717) is 6.04 Å². The predicted octanol–water partition coefficient (Wildman–Crippen LogP) is 1.77. The van der Waals surface area contributed by atoms with Crippen LogP contribution in [0.2, 0.25) is 0 Å². The molecule has 1 aromatic heterocycles. The summed E-state index contributed by atoms with van der Waals surface area (Å²) < 4.78 is 0. The van der Waals surface area contributed by atoms with Gasteiger partial charge in [-0.1, -0.05) is 6.07 Å². The predicted molar refractivity (Wildman–Crippen MR) is 67.6 cm³/mol. The number of thiophene rings is 1. The summed E-state index contributed by atoms with van der Waals surface area (Å²) in [5, 5.41) is 12.2. The molecule has 0 aliphatic carbocycles. The van der Waals surface area contributed by atoms with Crippen molar-refractivity contribution >= 4 is 11.3 Å². The standard InChI is InChI=1S/C12H20N2OS/c1-10(2)13-5-7-14(8-6-13)12(15)11-4-3-9-16-11/h3-4,9-10,12,15H,5-8H2,1-2H3. The Bertz CT molecular complexity index is 305. The molecule has 0 saturated carbocycles. The van der Waals surface area contributed by atoms with E-state index >= 15 is 0 Å². The Balaban J connectivity index is 1.89. The lowest BCUT2D eigenvalue weighted by Gasteiger charge is -2.38. The molecule has 4 heteroatoms. The number of rotatable bonds is 3. The molecule has 1 aromatic rings. The largest absolute Gasteiger partial charge is 0.373 e. The minimum absolute atomic E-state index is 0.408. The molecule has 2 rings (SSSR count). The molecule has 3 nitrogen and oxygen atoms in total. The maximum atomic E-state index is 10.2. The van der Waals surface area contributed by atoms with Gasteiger partial charge in [0.05, 0.1) is 0 Å². The van der Waals surface area contributed by atoms with Crippen molar-refractivity contribution in [2.75, 3.05) is 26.2 Å². The molecule has 1 fully saturated rings. The quantitative estimate of drug-likeness (QED) is 0.872. The van der Waals surface area contributed by atoms with Gasteiger partial charge >= 0.3 is 0 Å². The second-order valence-corrected chi connectivity index (χ2v) is 5.53. The van der Waals surface area contributed by atoms with E-state index in [1.165, 1.54) is 0 Å². The number of aliphatic hydroxyl groups excluding tert-OH is 1. The molecule has 16 heavy (non-hydrogen) atoms. The Kier molecular flexibility index (Phi) is 3.97. The third kappa shape index (κ3) is 2.63. The van der Waals surface area contributed by atoms with E-state index in [4.69, 9.17) is 0 Å². The Morgan fingerprint density at radius 1 is 1.19 bits per heavy atom. The monoisotopic (exact) mass is 240 g/mol. The SMILES string of the molecule is CC(C)N1CCN(C(O)c2cccs2)CC1. The van der Waals surface area contributed by atoms with Crippen LogP contribution < -0.4 is 0 Å². The second-order valence-electron chi connectivity index (χ2n) is 4.55. The van der Waals surface area contributed by atoms with Gasteiger partial charge in [0, 0.05) is 37.1 Å². The van der Waals surface area contributed by atoms with Crippen LogP contribution in [0.3, 0.4) is 0 Å². The zero-order chi connectivity index (χ0) is 11.5. The molecule has 0 amide bonds. The normalized spacial score (nSPS) is 21.5. The van der Waals surface area contributed by atoms with Crippen LogP contribution >= 0.6 is 11.3 Å². The van der Waals surface area contributed by atoms with Crippen molar-refractivity contribution in [2.24, 2.45) is 0 Å². The topological polar surface area (TPSA) is 26.7 Å². The Morgan fingerprint density at radius 3 is 2.31 bits per heavy atom. The molecule has 0 spiro atoms. The first-order chi connectivity index (χ1) is 7.68. The lowest BCUT2D eigenvalue weighted by atomic mass is 10.2. The van der Waals surface area contributed by atoms with E-state index in [9.17, 15) is 5.11 Å². The third-order valence-corrected chi connectivity index (χ3v) is 4.13. The lowest BCUT2D eigenvalue weighted by molar-refractivity contribution is -0.0299. The first-order valence-electron chi connectivity index (χ1n) is 5.88. The van der Waals surface area contributed by atoms with Gasteiger partial charge in [-0.15, -0.1) is 11.3 Å². The molecule has 1 aliphatic rings. The maximum absolute atomic E-state index is 10.2. The van der Waals surface area contributed by atoms with Crippen LogP contribution in [0.1, 0.15) is 25.0 Å².